The zero-order valence-corrected chi connectivity index (χ0v) is 27.6. The summed E-state index contributed by atoms with van der Waals surface area (Å²) in [5, 5.41) is 48.2. The molecule has 2 aromatic carbocycles. The first-order valence-corrected chi connectivity index (χ1v) is 15.3. The van der Waals surface area contributed by atoms with E-state index in [1.54, 1.807) is 6.92 Å². The number of hydrogen-bond acceptors (Lipinski definition) is 12. The molecule has 0 saturated carbocycles. The van der Waals surface area contributed by atoms with Crippen molar-refractivity contribution in [1.29, 1.82) is 0 Å². The molecule has 7 N–H and O–H groups in total. The number of benzene rings is 2. The van der Waals surface area contributed by atoms with Gasteiger partial charge in [-0.05, 0) is 25.8 Å². The average Bonchev–Trinajstić information content (AvgIpc) is 3.02. The van der Waals surface area contributed by atoms with Gasteiger partial charge in [-0.1, -0.05) is 32.4 Å². The van der Waals surface area contributed by atoms with Gasteiger partial charge in [-0.15, -0.1) is 12.4 Å². The number of carbonyl (C=O) groups is 4. The first kappa shape index (κ1) is 36.2. The number of rotatable bonds is 8. The Balaban J connectivity index is 0.00000500. The van der Waals surface area contributed by atoms with Crippen LogP contribution in [0.25, 0.3) is 0 Å². The number of aliphatic hydroxyl groups excluding tert-OH is 1. The second-order valence-corrected chi connectivity index (χ2v) is 12.5. The van der Waals surface area contributed by atoms with E-state index in [0.717, 1.165) is 6.92 Å². The smallest absolute Gasteiger partial charge is 0.237 e. The fraction of sp³-hybridized carbons (Fsp3) is 0.515. The minimum absolute atomic E-state index is 0. The molecule has 0 unspecified atom stereocenters. The number of fused-ring (bicyclic) bond motifs is 3. The van der Waals surface area contributed by atoms with E-state index in [1.807, 2.05) is 13.8 Å². The molecule has 1 aliphatic heterocycles. The molecule has 3 aliphatic rings. The van der Waals surface area contributed by atoms with Gasteiger partial charge in [-0.25, -0.2) is 0 Å². The number of amides is 1. The van der Waals surface area contributed by atoms with Crippen LogP contribution in [-0.4, -0.2) is 87.0 Å². The summed E-state index contributed by atoms with van der Waals surface area (Å²) < 4.78 is 17.4. The predicted molar refractivity (Wildman–Crippen MR) is 169 cm³/mol. The van der Waals surface area contributed by atoms with Crippen LogP contribution in [0, 0.1) is 5.92 Å². The SMILES string of the molecule is CC[C@@H](C)[C@@H](N)C(=O)N[C@@H]1C[C@H](O[C@@H]2C[C@](O)(C(C)=O)Cc3c(O)c4c(c(O)c32)C(=O)c2c(OC)cccc2C4=O)O[C@H](C)[C@@H]1O.Cl. The van der Waals surface area contributed by atoms with Crippen LogP contribution < -0.4 is 15.8 Å². The molecule has 14 heteroatoms. The van der Waals surface area contributed by atoms with E-state index in [-0.39, 0.29) is 52.7 Å². The molecule has 0 spiro atoms. The average molecular weight is 677 g/mol. The maximum absolute atomic E-state index is 13.8. The van der Waals surface area contributed by atoms with Crippen molar-refractivity contribution < 1.29 is 53.8 Å². The van der Waals surface area contributed by atoms with Gasteiger partial charge in [0.1, 0.15) is 29.0 Å². The van der Waals surface area contributed by atoms with Crippen LogP contribution in [0.2, 0.25) is 0 Å². The highest BCUT2D eigenvalue weighted by Gasteiger charge is 2.49. The minimum Gasteiger partial charge on any atom is -0.507 e. The molecule has 256 valence electrons. The van der Waals surface area contributed by atoms with Crippen LogP contribution in [0.3, 0.4) is 0 Å². The Bertz CT molecular complexity index is 1610. The van der Waals surface area contributed by atoms with E-state index in [2.05, 4.69) is 5.32 Å². The first-order valence-electron chi connectivity index (χ1n) is 15.3. The number of aromatic hydroxyl groups is 2. The molecule has 0 aromatic heterocycles. The van der Waals surface area contributed by atoms with E-state index in [1.165, 1.54) is 25.3 Å². The number of halogens is 1. The number of hydrogen-bond donors (Lipinski definition) is 6. The van der Waals surface area contributed by atoms with Crippen LogP contribution in [0.4, 0.5) is 0 Å². The number of nitrogens with one attached hydrogen (secondary N) is 1. The summed E-state index contributed by atoms with van der Waals surface area (Å²) in [5.41, 5.74) is 2.75. The Morgan fingerprint density at radius 1 is 1.15 bits per heavy atom. The van der Waals surface area contributed by atoms with Crippen molar-refractivity contribution in [2.45, 2.75) is 95.7 Å². The summed E-state index contributed by atoms with van der Waals surface area (Å²) in [6.45, 7) is 6.48. The topological polar surface area (TPSA) is 215 Å². The van der Waals surface area contributed by atoms with E-state index >= 15 is 0 Å². The highest BCUT2D eigenvalue weighted by Crippen LogP contribution is 2.52. The largest absolute Gasteiger partial charge is 0.507 e. The van der Waals surface area contributed by atoms with Gasteiger partial charge >= 0.3 is 0 Å². The third-order valence-corrected chi connectivity index (χ3v) is 9.64. The Kier molecular flexibility index (Phi) is 10.4. The molecule has 0 radical (unpaired) electrons. The second-order valence-electron chi connectivity index (χ2n) is 12.5. The second kappa shape index (κ2) is 13.5. The van der Waals surface area contributed by atoms with Gasteiger partial charge in [0, 0.05) is 36.0 Å². The van der Waals surface area contributed by atoms with Crippen molar-refractivity contribution in [2.75, 3.05) is 7.11 Å². The summed E-state index contributed by atoms with van der Waals surface area (Å²) in [6, 6.07) is 2.73. The molecule has 47 heavy (non-hydrogen) atoms. The number of nitrogens with two attached hydrogens (primary N) is 1. The monoisotopic (exact) mass is 676 g/mol. The molecule has 2 aliphatic carbocycles. The van der Waals surface area contributed by atoms with Gasteiger partial charge in [-0.2, -0.15) is 0 Å². The molecule has 5 rings (SSSR count). The lowest BCUT2D eigenvalue weighted by Gasteiger charge is -2.43. The van der Waals surface area contributed by atoms with Crippen molar-refractivity contribution in [3.63, 3.8) is 0 Å². The molecular formula is C33H41ClN2O11. The molecular weight excluding hydrogens is 636 g/mol. The summed E-state index contributed by atoms with van der Waals surface area (Å²) in [7, 11) is 1.33. The molecule has 1 amide bonds. The molecule has 8 atom stereocenters. The highest BCUT2D eigenvalue weighted by atomic mass is 35.5. The van der Waals surface area contributed by atoms with Crippen molar-refractivity contribution in [3.8, 4) is 17.2 Å². The van der Waals surface area contributed by atoms with Crippen LogP contribution in [-0.2, 0) is 25.5 Å². The van der Waals surface area contributed by atoms with Crippen molar-refractivity contribution in [2.24, 2.45) is 11.7 Å². The first-order chi connectivity index (χ1) is 21.6. The zero-order chi connectivity index (χ0) is 33.8. The molecule has 13 nitrogen and oxygen atoms in total. The Morgan fingerprint density at radius 3 is 2.43 bits per heavy atom. The van der Waals surface area contributed by atoms with Gasteiger partial charge in [0.2, 0.25) is 11.7 Å². The van der Waals surface area contributed by atoms with E-state index < -0.39 is 101 Å². The number of phenolic OH excluding ortho intramolecular Hbond substituents is 2. The van der Waals surface area contributed by atoms with Gasteiger partial charge in [-0.3, -0.25) is 19.2 Å². The number of carbonyl (C=O) groups excluding carboxylic acids is 4. The summed E-state index contributed by atoms with van der Waals surface area (Å²) in [6.07, 6.45) is -4.71. The fourth-order valence-electron chi connectivity index (χ4n) is 6.56. The quantitative estimate of drug-likeness (QED) is 0.189. The van der Waals surface area contributed by atoms with Crippen LogP contribution in [0.1, 0.15) is 96.0 Å². The number of Topliss-reactive ketones (excluding diaryl/α,β-unsaturated/α-hetero) is 1. The molecule has 1 heterocycles. The molecule has 1 saturated heterocycles. The lowest BCUT2D eigenvalue weighted by atomic mass is 9.72. The number of ketones is 3. The van der Waals surface area contributed by atoms with Crippen molar-refractivity contribution in [1.82, 2.24) is 5.32 Å². The molecule has 0 bridgehead atoms. The van der Waals surface area contributed by atoms with Crippen LogP contribution in [0.5, 0.6) is 17.2 Å². The number of ether oxygens (including phenoxy) is 3. The Labute approximate surface area is 277 Å². The molecule has 2 aromatic rings. The number of phenols is 2. The van der Waals surface area contributed by atoms with Gasteiger partial charge in [0.15, 0.2) is 17.9 Å². The third kappa shape index (κ3) is 6.12. The van der Waals surface area contributed by atoms with Crippen LogP contribution in [0.15, 0.2) is 18.2 Å². The maximum Gasteiger partial charge on any atom is 0.237 e. The standard InChI is InChI=1S/C33H40N2O11.ClH/c1-6-13(2)26(34)32(42)35-18-10-21(45-14(3)27(18)37)46-20-12-33(43,15(4)36)11-17-23(20)31(41)25-24(29(17)39)28(38)16-8-7-9-19(44-5)22(16)30(25)40;/h7-9,13-14,18,20-21,26-27,37,39,41,43H,6,10-12,34H2,1-5H3,(H,35,42);1H/t13-,14-,18-,20-,21+,26-,27+,33+;/m1./s1. The Morgan fingerprint density at radius 2 is 1.81 bits per heavy atom. The summed E-state index contributed by atoms with van der Waals surface area (Å²) in [4.78, 5) is 53.0. The summed E-state index contributed by atoms with van der Waals surface area (Å²) >= 11 is 0. The van der Waals surface area contributed by atoms with E-state index in [4.69, 9.17) is 19.9 Å². The predicted octanol–water partition coefficient (Wildman–Crippen LogP) is 1.98. The van der Waals surface area contributed by atoms with Gasteiger partial charge in [0.05, 0.1) is 48.1 Å². The Hall–Kier alpha value is -3.59. The number of methoxy groups -OCH3 is 1. The third-order valence-electron chi connectivity index (χ3n) is 9.64. The maximum atomic E-state index is 13.8. The minimum atomic E-state index is -2.07. The van der Waals surface area contributed by atoms with Gasteiger partial charge < -0.3 is 45.7 Å². The van der Waals surface area contributed by atoms with Crippen molar-refractivity contribution >= 4 is 35.7 Å². The van der Waals surface area contributed by atoms with Gasteiger partial charge in [0.25, 0.3) is 0 Å². The lowest BCUT2D eigenvalue weighted by Crippen LogP contribution is -2.58. The highest BCUT2D eigenvalue weighted by molar-refractivity contribution is 6.31. The van der Waals surface area contributed by atoms with Crippen molar-refractivity contribution in [3.05, 3.63) is 51.6 Å². The molecule has 1 fully saturated rings. The zero-order valence-electron chi connectivity index (χ0n) is 26.7. The van der Waals surface area contributed by atoms with E-state index in [0.29, 0.717) is 6.42 Å². The van der Waals surface area contributed by atoms with Crippen LogP contribution >= 0.6 is 12.4 Å². The normalized spacial score (nSPS) is 27.8. The number of aliphatic hydroxyl groups is 2. The summed E-state index contributed by atoms with van der Waals surface area (Å²) in [5.74, 6) is -3.97. The fourth-order valence-corrected chi connectivity index (χ4v) is 6.56. The lowest BCUT2D eigenvalue weighted by molar-refractivity contribution is -0.249. The van der Waals surface area contributed by atoms with E-state index in [9.17, 15) is 39.6 Å².